The SMILES string of the molecule is CC(C)(C(=O)N(CCc1ccccc1)Cc1ccccc1)n1nc(-c2ccco2)ccc1=O. The van der Waals surface area contributed by atoms with E-state index in [1.807, 2.05) is 48.5 Å². The molecule has 0 aliphatic carbocycles. The number of hydrogen-bond donors (Lipinski definition) is 0. The molecule has 1 amide bonds. The molecule has 0 unspecified atom stereocenters. The lowest BCUT2D eigenvalue weighted by Crippen LogP contribution is -2.51. The molecule has 0 spiro atoms. The fraction of sp³-hybridized carbons (Fsp3) is 0.222. The first-order valence-corrected chi connectivity index (χ1v) is 11.0. The highest BCUT2D eigenvalue weighted by Gasteiger charge is 2.36. The standard InChI is InChI=1S/C27H27N3O3/c1-27(2,30-25(31)16-15-23(28-30)24-14-9-19-33-24)26(32)29(20-22-12-7-4-8-13-22)18-17-21-10-5-3-6-11-21/h3-16,19H,17-18,20H2,1-2H3. The number of hydrogen-bond acceptors (Lipinski definition) is 4. The van der Waals surface area contributed by atoms with E-state index < -0.39 is 5.54 Å². The molecule has 2 aromatic heterocycles. The van der Waals surface area contributed by atoms with Gasteiger partial charge < -0.3 is 9.32 Å². The van der Waals surface area contributed by atoms with E-state index in [4.69, 9.17) is 4.42 Å². The number of amides is 1. The van der Waals surface area contributed by atoms with E-state index >= 15 is 0 Å². The van der Waals surface area contributed by atoms with E-state index in [0.717, 1.165) is 11.1 Å². The summed E-state index contributed by atoms with van der Waals surface area (Å²) in [6.07, 6.45) is 2.26. The van der Waals surface area contributed by atoms with Crippen LogP contribution in [0, 0.1) is 0 Å². The van der Waals surface area contributed by atoms with Gasteiger partial charge in [0.05, 0.1) is 6.26 Å². The van der Waals surface area contributed by atoms with Crippen LogP contribution in [-0.4, -0.2) is 27.1 Å². The van der Waals surface area contributed by atoms with Gasteiger partial charge in [-0.25, -0.2) is 4.68 Å². The first kappa shape index (κ1) is 22.3. The Hall–Kier alpha value is -3.93. The fourth-order valence-corrected chi connectivity index (χ4v) is 3.81. The fourth-order valence-electron chi connectivity index (χ4n) is 3.81. The van der Waals surface area contributed by atoms with Crippen LogP contribution in [0.2, 0.25) is 0 Å². The van der Waals surface area contributed by atoms with Crippen LogP contribution in [0.4, 0.5) is 0 Å². The van der Waals surface area contributed by atoms with Gasteiger partial charge in [0, 0.05) is 19.2 Å². The quantitative estimate of drug-likeness (QED) is 0.403. The Morgan fingerprint density at radius 2 is 1.58 bits per heavy atom. The van der Waals surface area contributed by atoms with Gasteiger partial charge in [0.25, 0.3) is 5.56 Å². The van der Waals surface area contributed by atoms with Crippen molar-refractivity contribution in [3.63, 3.8) is 0 Å². The molecule has 0 bridgehead atoms. The normalized spacial score (nSPS) is 11.3. The third-order valence-electron chi connectivity index (χ3n) is 5.64. The van der Waals surface area contributed by atoms with Gasteiger partial charge in [-0.15, -0.1) is 0 Å². The molecule has 4 aromatic rings. The highest BCUT2D eigenvalue weighted by Crippen LogP contribution is 2.21. The highest BCUT2D eigenvalue weighted by atomic mass is 16.3. The van der Waals surface area contributed by atoms with Crippen molar-refractivity contribution in [3.8, 4) is 11.5 Å². The van der Waals surface area contributed by atoms with Gasteiger partial charge >= 0.3 is 0 Å². The molecule has 0 atom stereocenters. The first-order chi connectivity index (χ1) is 15.9. The minimum absolute atomic E-state index is 0.173. The number of carbonyl (C=O) groups is 1. The van der Waals surface area contributed by atoms with Crippen molar-refractivity contribution in [1.82, 2.24) is 14.7 Å². The monoisotopic (exact) mass is 441 g/mol. The molecule has 0 aliphatic rings. The lowest BCUT2D eigenvalue weighted by atomic mass is 10.0. The van der Waals surface area contributed by atoms with Crippen LogP contribution in [0.25, 0.3) is 11.5 Å². The summed E-state index contributed by atoms with van der Waals surface area (Å²) in [6.45, 7) is 4.43. The molecule has 0 saturated carbocycles. The van der Waals surface area contributed by atoms with Crippen LogP contribution in [0.15, 0.2) is 100 Å². The molecule has 0 aliphatic heterocycles. The summed E-state index contributed by atoms with van der Waals surface area (Å²) in [5, 5.41) is 4.48. The van der Waals surface area contributed by atoms with Gasteiger partial charge in [0.15, 0.2) is 5.76 Å². The number of benzene rings is 2. The van der Waals surface area contributed by atoms with E-state index in [1.54, 1.807) is 43.2 Å². The van der Waals surface area contributed by atoms with Gasteiger partial charge in [-0.2, -0.15) is 5.10 Å². The van der Waals surface area contributed by atoms with Crippen molar-refractivity contribution in [2.24, 2.45) is 0 Å². The number of rotatable bonds is 8. The number of aromatic nitrogens is 2. The predicted molar refractivity (Wildman–Crippen MR) is 128 cm³/mol. The molecule has 33 heavy (non-hydrogen) atoms. The average Bonchev–Trinajstić information content (AvgIpc) is 3.38. The zero-order valence-corrected chi connectivity index (χ0v) is 18.8. The maximum Gasteiger partial charge on any atom is 0.267 e. The topological polar surface area (TPSA) is 68.3 Å². The lowest BCUT2D eigenvalue weighted by molar-refractivity contribution is -0.140. The summed E-state index contributed by atoms with van der Waals surface area (Å²) in [5.74, 6) is 0.366. The van der Waals surface area contributed by atoms with Gasteiger partial charge in [-0.05, 0) is 49.6 Å². The second-order valence-electron chi connectivity index (χ2n) is 8.45. The maximum atomic E-state index is 13.8. The smallest absolute Gasteiger partial charge is 0.267 e. The van der Waals surface area contributed by atoms with Crippen molar-refractivity contribution in [3.05, 3.63) is 113 Å². The maximum absolute atomic E-state index is 13.8. The zero-order valence-electron chi connectivity index (χ0n) is 18.8. The largest absolute Gasteiger partial charge is 0.463 e. The van der Waals surface area contributed by atoms with Gasteiger partial charge in [0.1, 0.15) is 11.2 Å². The Bertz CT molecular complexity index is 1250. The average molecular weight is 442 g/mol. The summed E-state index contributed by atoms with van der Waals surface area (Å²) >= 11 is 0. The molecule has 2 heterocycles. The third kappa shape index (κ3) is 5.12. The molecule has 2 aromatic carbocycles. The van der Waals surface area contributed by atoms with E-state index in [1.165, 1.54) is 10.7 Å². The molecule has 4 rings (SSSR count). The van der Waals surface area contributed by atoms with E-state index in [-0.39, 0.29) is 11.5 Å². The summed E-state index contributed by atoms with van der Waals surface area (Å²) in [5.41, 5.74) is 1.15. The number of furan rings is 1. The van der Waals surface area contributed by atoms with E-state index in [9.17, 15) is 9.59 Å². The molecule has 0 N–H and O–H groups in total. The minimum atomic E-state index is -1.19. The first-order valence-electron chi connectivity index (χ1n) is 11.0. The Morgan fingerprint density at radius 3 is 2.21 bits per heavy atom. The second kappa shape index (κ2) is 9.69. The Labute approximate surface area is 193 Å². The van der Waals surface area contributed by atoms with E-state index in [2.05, 4.69) is 17.2 Å². The van der Waals surface area contributed by atoms with Crippen LogP contribution >= 0.6 is 0 Å². The molecular weight excluding hydrogens is 414 g/mol. The molecule has 6 nitrogen and oxygen atoms in total. The van der Waals surface area contributed by atoms with Crippen LogP contribution in [0.5, 0.6) is 0 Å². The Kier molecular flexibility index (Phi) is 6.54. The second-order valence-corrected chi connectivity index (χ2v) is 8.45. The van der Waals surface area contributed by atoms with Crippen LogP contribution < -0.4 is 5.56 Å². The highest BCUT2D eigenvalue weighted by molar-refractivity contribution is 5.83. The van der Waals surface area contributed by atoms with Crippen molar-refractivity contribution >= 4 is 5.91 Å². The predicted octanol–water partition coefficient (Wildman–Crippen LogP) is 4.51. The molecular formula is C27H27N3O3. The number of nitrogens with zero attached hydrogens (tertiary/aromatic N) is 3. The van der Waals surface area contributed by atoms with E-state index in [0.29, 0.717) is 31.0 Å². The Balaban J connectivity index is 1.65. The van der Waals surface area contributed by atoms with Crippen molar-refractivity contribution in [1.29, 1.82) is 0 Å². The van der Waals surface area contributed by atoms with Gasteiger partial charge in [-0.1, -0.05) is 60.7 Å². The van der Waals surface area contributed by atoms with Crippen molar-refractivity contribution < 1.29 is 9.21 Å². The Morgan fingerprint density at radius 1 is 0.909 bits per heavy atom. The molecule has 0 fully saturated rings. The third-order valence-corrected chi connectivity index (χ3v) is 5.64. The molecule has 168 valence electrons. The van der Waals surface area contributed by atoms with Crippen LogP contribution in [0.3, 0.4) is 0 Å². The summed E-state index contributed by atoms with van der Waals surface area (Å²) in [7, 11) is 0. The van der Waals surface area contributed by atoms with Crippen LogP contribution in [-0.2, 0) is 23.3 Å². The van der Waals surface area contributed by atoms with Gasteiger partial charge in [0.2, 0.25) is 5.91 Å². The van der Waals surface area contributed by atoms with Gasteiger partial charge in [-0.3, -0.25) is 9.59 Å². The van der Waals surface area contributed by atoms with Crippen molar-refractivity contribution in [2.75, 3.05) is 6.54 Å². The summed E-state index contributed by atoms with van der Waals surface area (Å²) < 4.78 is 6.69. The zero-order chi connectivity index (χ0) is 23.3. The summed E-state index contributed by atoms with van der Waals surface area (Å²) in [4.78, 5) is 28.4. The molecule has 0 saturated heterocycles. The molecule has 0 radical (unpaired) electrons. The molecule has 6 heteroatoms. The lowest BCUT2D eigenvalue weighted by Gasteiger charge is -2.33. The number of carbonyl (C=O) groups excluding carboxylic acids is 1. The summed E-state index contributed by atoms with van der Waals surface area (Å²) in [6, 6.07) is 26.5. The van der Waals surface area contributed by atoms with Crippen LogP contribution in [0.1, 0.15) is 25.0 Å². The van der Waals surface area contributed by atoms with Crippen molar-refractivity contribution in [2.45, 2.75) is 32.4 Å². The minimum Gasteiger partial charge on any atom is -0.463 e.